The average Bonchev–Trinajstić information content (AvgIpc) is 2.91. The number of esters is 1. The summed E-state index contributed by atoms with van der Waals surface area (Å²) in [6.45, 7) is 3.92. The number of hydrogen-bond donors (Lipinski definition) is 0. The van der Waals surface area contributed by atoms with E-state index in [-0.39, 0.29) is 11.9 Å². The zero-order chi connectivity index (χ0) is 18.5. The summed E-state index contributed by atoms with van der Waals surface area (Å²) in [5.74, 6) is 5.67. The third-order valence-electron chi connectivity index (χ3n) is 4.30. The van der Waals surface area contributed by atoms with E-state index in [0.29, 0.717) is 32.5 Å². The summed E-state index contributed by atoms with van der Waals surface area (Å²) in [5, 5.41) is 0. The summed E-state index contributed by atoms with van der Waals surface area (Å²) in [5.41, 5.74) is 0. The van der Waals surface area contributed by atoms with Gasteiger partial charge in [0.1, 0.15) is 0 Å². The average molecular weight is 351 g/mol. The van der Waals surface area contributed by atoms with Crippen LogP contribution >= 0.6 is 0 Å². The van der Waals surface area contributed by atoms with Gasteiger partial charge in [0.2, 0.25) is 0 Å². The third-order valence-corrected chi connectivity index (χ3v) is 4.30. The van der Waals surface area contributed by atoms with Crippen LogP contribution in [0.2, 0.25) is 0 Å². The van der Waals surface area contributed by atoms with Gasteiger partial charge in [0.25, 0.3) is 5.91 Å². The number of likely N-dealkylation sites (tertiary alicyclic amines) is 1. The van der Waals surface area contributed by atoms with Crippen LogP contribution in [0.5, 0.6) is 0 Å². The first-order valence-electron chi connectivity index (χ1n) is 9.63. The molecule has 0 bridgehead atoms. The van der Waals surface area contributed by atoms with Gasteiger partial charge in [-0.3, -0.25) is 14.5 Å². The molecule has 142 valence electrons. The highest BCUT2D eigenvalue weighted by atomic mass is 16.5. The minimum absolute atomic E-state index is 0.105. The third kappa shape index (κ3) is 9.50. The van der Waals surface area contributed by atoms with Gasteiger partial charge < -0.3 is 9.64 Å². The molecule has 1 aliphatic rings. The lowest BCUT2D eigenvalue weighted by molar-refractivity contribution is -0.156. The Morgan fingerprint density at radius 1 is 1.16 bits per heavy atom. The van der Waals surface area contributed by atoms with Gasteiger partial charge in [-0.2, -0.15) is 0 Å². The quantitative estimate of drug-likeness (QED) is 0.327. The molecule has 0 N–H and O–H groups in total. The topological polar surface area (TPSA) is 49.9 Å². The zero-order valence-corrected chi connectivity index (χ0v) is 16.2. The molecule has 0 unspecified atom stereocenters. The molecule has 5 nitrogen and oxygen atoms in total. The van der Waals surface area contributed by atoms with Gasteiger partial charge >= 0.3 is 5.97 Å². The first kappa shape index (κ1) is 21.5. The summed E-state index contributed by atoms with van der Waals surface area (Å²) < 4.78 is 5.36. The van der Waals surface area contributed by atoms with Crippen LogP contribution in [0.25, 0.3) is 0 Å². The summed E-state index contributed by atoms with van der Waals surface area (Å²) in [4.78, 5) is 27.8. The minimum Gasteiger partial charge on any atom is -0.452 e. The van der Waals surface area contributed by atoms with Crippen molar-refractivity contribution in [2.75, 3.05) is 33.7 Å². The highest BCUT2D eigenvalue weighted by Crippen LogP contribution is 2.16. The molecule has 0 aromatic rings. The Kier molecular flexibility index (Phi) is 11.0. The Morgan fingerprint density at radius 2 is 1.84 bits per heavy atom. The Morgan fingerprint density at radius 3 is 2.52 bits per heavy atom. The Bertz CT molecular complexity index is 465. The summed E-state index contributed by atoms with van der Waals surface area (Å²) in [7, 11) is 3.91. The Hall–Kier alpha value is -1.54. The van der Waals surface area contributed by atoms with Crippen LogP contribution in [0.4, 0.5) is 0 Å². The number of ether oxygens (including phenoxy) is 1. The van der Waals surface area contributed by atoms with Gasteiger partial charge in [-0.05, 0) is 20.5 Å². The maximum Gasteiger partial charge on any atom is 0.306 e. The molecule has 1 atom stereocenters. The van der Waals surface area contributed by atoms with Crippen LogP contribution in [0.15, 0.2) is 0 Å². The second kappa shape index (κ2) is 12.8. The lowest BCUT2D eigenvalue weighted by Gasteiger charge is -2.13. The summed E-state index contributed by atoms with van der Waals surface area (Å²) in [6, 6.07) is 0. The van der Waals surface area contributed by atoms with Crippen LogP contribution in [0, 0.1) is 11.8 Å². The van der Waals surface area contributed by atoms with Crippen molar-refractivity contribution in [2.24, 2.45) is 0 Å². The lowest BCUT2D eigenvalue weighted by atomic mass is 10.1. The minimum atomic E-state index is -0.604. The highest BCUT2D eigenvalue weighted by Gasteiger charge is 2.33. The fourth-order valence-corrected chi connectivity index (χ4v) is 2.79. The van der Waals surface area contributed by atoms with E-state index >= 15 is 0 Å². The molecule has 0 radical (unpaired) electrons. The highest BCUT2D eigenvalue weighted by molar-refractivity contribution is 5.85. The van der Waals surface area contributed by atoms with E-state index in [9.17, 15) is 9.59 Å². The smallest absolute Gasteiger partial charge is 0.306 e. The summed E-state index contributed by atoms with van der Waals surface area (Å²) in [6.07, 6.45) is 8.55. The molecule has 1 heterocycles. The monoisotopic (exact) mass is 350 g/mol. The number of rotatable bonds is 11. The second-order valence-electron chi connectivity index (χ2n) is 6.99. The van der Waals surface area contributed by atoms with Crippen molar-refractivity contribution in [3.63, 3.8) is 0 Å². The van der Waals surface area contributed by atoms with Crippen molar-refractivity contribution in [3.05, 3.63) is 0 Å². The number of hydrogen-bond acceptors (Lipinski definition) is 4. The van der Waals surface area contributed by atoms with Gasteiger partial charge in [-0.15, -0.1) is 0 Å². The molecular weight excluding hydrogens is 316 g/mol. The second-order valence-corrected chi connectivity index (χ2v) is 6.99. The predicted molar refractivity (Wildman–Crippen MR) is 100 cm³/mol. The SMILES string of the molecule is CCCCCCCCCC(=O)O[C@@H]1CCN(CC#CCN(C)C)C1=O. The molecule has 25 heavy (non-hydrogen) atoms. The molecular formula is C20H34N2O3. The van der Waals surface area contributed by atoms with Crippen molar-refractivity contribution in [2.45, 2.75) is 70.8 Å². The molecule has 0 aromatic carbocycles. The molecule has 0 aliphatic carbocycles. The van der Waals surface area contributed by atoms with E-state index in [4.69, 9.17) is 4.74 Å². The van der Waals surface area contributed by atoms with Crippen molar-refractivity contribution in [3.8, 4) is 11.8 Å². The van der Waals surface area contributed by atoms with Gasteiger partial charge in [-0.25, -0.2) is 0 Å². The fraction of sp³-hybridized carbons (Fsp3) is 0.800. The first-order valence-corrected chi connectivity index (χ1v) is 9.63. The van der Waals surface area contributed by atoms with Crippen molar-refractivity contribution >= 4 is 11.9 Å². The van der Waals surface area contributed by atoms with Gasteiger partial charge in [0.05, 0.1) is 13.1 Å². The van der Waals surface area contributed by atoms with Crippen molar-refractivity contribution < 1.29 is 14.3 Å². The van der Waals surface area contributed by atoms with Gasteiger partial charge in [0, 0.05) is 19.4 Å². The van der Waals surface area contributed by atoms with E-state index in [1.54, 1.807) is 4.90 Å². The van der Waals surface area contributed by atoms with E-state index in [0.717, 1.165) is 12.8 Å². The molecule has 1 aliphatic heterocycles. The Labute approximate surface area is 153 Å². The van der Waals surface area contributed by atoms with Crippen molar-refractivity contribution in [1.29, 1.82) is 0 Å². The van der Waals surface area contributed by atoms with E-state index < -0.39 is 6.10 Å². The molecule has 1 rings (SSSR count). The lowest BCUT2D eigenvalue weighted by Crippen LogP contribution is -2.32. The first-order chi connectivity index (χ1) is 12.0. The number of nitrogens with zero attached hydrogens (tertiary/aromatic N) is 2. The normalized spacial score (nSPS) is 16.9. The number of unbranched alkanes of at least 4 members (excludes halogenated alkanes) is 6. The van der Waals surface area contributed by atoms with Crippen LogP contribution in [0.3, 0.4) is 0 Å². The molecule has 5 heteroatoms. The van der Waals surface area contributed by atoms with Gasteiger partial charge in [-0.1, -0.05) is 57.3 Å². The summed E-state index contributed by atoms with van der Waals surface area (Å²) >= 11 is 0. The number of amides is 1. The molecule has 0 saturated carbocycles. The largest absolute Gasteiger partial charge is 0.452 e. The van der Waals surface area contributed by atoms with Crippen LogP contribution in [-0.4, -0.2) is 61.5 Å². The molecule has 1 saturated heterocycles. The van der Waals surface area contributed by atoms with E-state index in [1.165, 1.54) is 32.1 Å². The Balaban J connectivity index is 2.16. The predicted octanol–water partition coefficient (Wildman–Crippen LogP) is 2.84. The number of carbonyl (C=O) groups is 2. The maximum atomic E-state index is 12.2. The van der Waals surface area contributed by atoms with Crippen LogP contribution in [-0.2, 0) is 14.3 Å². The van der Waals surface area contributed by atoms with Crippen LogP contribution in [0.1, 0.15) is 64.7 Å². The zero-order valence-electron chi connectivity index (χ0n) is 16.2. The maximum absolute atomic E-state index is 12.2. The molecule has 1 amide bonds. The number of carbonyl (C=O) groups excluding carboxylic acids is 2. The molecule has 1 fully saturated rings. The fourth-order valence-electron chi connectivity index (χ4n) is 2.79. The van der Waals surface area contributed by atoms with Crippen LogP contribution < -0.4 is 0 Å². The van der Waals surface area contributed by atoms with Crippen molar-refractivity contribution in [1.82, 2.24) is 9.80 Å². The molecule has 0 spiro atoms. The van der Waals surface area contributed by atoms with E-state index in [1.807, 2.05) is 19.0 Å². The van der Waals surface area contributed by atoms with Gasteiger partial charge in [0.15, 0.2) is 6.10 Å². The van der Waals surface area contributed by atoms with E-state index in [2.05, 4.69) is 18.8 Å². The molecule has 0 aromatic heterocycles. The standard InChI is InChI=1S/C20H34N2O3/c1-4-5-6-7-8-9-10-13-19(23)25-18-14-17-22(20(18)24)16-12-11-15-21(2)3/h18H,4-10,13-17H2,1-3H3/t18-/m1/s1.